The lowest BCUT2D eigenvalue weighted by atomic mass is 10.1. The number of rotatable bonds is 6. The SMILES string of the molecule is COc1cc(C)c(N2C=CN(c3cnn(C)c3)C2)cc1OCc1csc(C)n1. The van der Waals surface area contributed by atoms with Crippen molar-refractivity contribution in [2.24, 2.45) is 7.05 Å². The van der Waals surface area contributed by atoms with Gasteiger partial charge < -0.3 is 19.3 Å². The summed E-state index contributed by atoms with van der Waals surface area (Å²) in [5, 5.41) is 7.30. The van der Waals surface area contributed by atoms with Crippen LogP contribution in [0.25, 0.3) is 0 Å². The number of hydrogen-bond donors (Lipinski definition) is 0. The summed E-state index contributed by atoms with van der Waals surface area (Å²) in [5.74, 6) is 1.43. The zero-order valence-electron chi connectivity index (χ0n) is 16.4. The van der Waals surface area contributed by atoms with Crippen LogP contribution in [0.1, 0.15) is 16.3 Å². The lowest BCUT2D eigenvalue weighted by Crippen LogP contribution is -2.25. The van der Waals surface area contributed by atoms with Gasteiger partial charge in [-0.1, -0.05) is 0 Å². The van der Waals surface area contributed by atoms with Crippen molar-refractivity contribution in [3.8, 4) is 11.5 Å². The van der Waals surface area contributed by atoms with Crippen molar-refractivity contribution in [2.45, 2.75) is 20.5 Å². The summed E-state index contributed by atoms with van der Waals surface area (Å²) in [5.41, 5.74) is 4.18. The van der Waals surface area contributed by atoms with E-state index in [0.29, 0.717) is 19.0 Å². The fourth-order valence-electron chi connectivity index (χ4n) is 3.16. The lowest BCUT2D eigenvalue weighted by Gasteiger charge is -2.23. The molecule has 2 aromatic heterocycles. The summed E-state index contributed by atoms with van der Waals surface area (Å²) in [6, 6.07) is 4.04. The highest BCUT2D eigenvalue weighted by molar-refractivity contribution is 7.09. The van der Waals surface area contributed by atoms with E-state index >= 15 is 0 Å². The number of aromatic nitrogens is 3. The van der Waals surface area contributed by atoms with Gasteiger partial charge in [-0.3, -0.25) is 4.68 Å². The Morgan fingerprint density at radius 2 is 1.96 bits per heavy atom. The van der Waals surface area contributed by atoms with E-state index in [-0.39, 0.29) is 0 Å². The van der Waals surface area contributed by atoms with Crippen molar-refractivity contribution in [3.05, 3.63) is 58.6 Å². The third kappa shape index (κ3) is 3.68. The second-order valence-electron chi connectivity index (χ2n) is 6.69. The Morgan fingerprint density at radius 3 is 2.64 bits per heavy atom. The van der Waals surface area contributed by atoms with Gasteiger partial charge >= 0.3 is 0 Å². The summed E-state index contributed by atoms with van der Waals surface area (Å²) in [4.78, 5) is 8.79. The highest BCUT2D eigenvalue weighted by Crippen LogP contribution is 2.37. The van der Waals surface area contributed by atoms with E-state index in [1.54, 1.807) is 23.1 Å². The molecule has 0 saturated carbocycles. The van der Waals surface area contributed by atoms with Gasteiger partial charge in [-0.15, -0.1) is 11.3 Å². The Bertz CT molecular complexity index is 1010. The fourth-order valence-corrected chi connectivity index (χ4v) is 3.76. The van der Waals surface area contributed by atoms with Gasteiger partial charge in [0.2, 0.25) is 0 Å². The predicted molar refractivity (Wildman–Crippen MR) is 111 cm³/mol. The van der Waals surface area contributed by atoms with Crippen LogP contribution in [0.15, 0.2) is 42.3 Å². The molecule has 0 bridgehead atoms. The number of thiazole rings is 1. The molecule has 0 aliphatic carbocycles. The first kappa shape index (κ1) is 18.4. The van der Waals surface area contributed by atoms with Gasteiger partial charge in [0.25, 0.3) is 0 Å². The third-order valence-corrected chi connectivity index (χ3v) is 5.41. The standard InChI is InChI=1S/C20H23N5O2S/c1-14-7-19(26-4)20(27-11-16-12-28-15(2)22-16)8-18(14)25-6-5-24(13-25)17-9-21-23(3)10-17/h5-10,12H,11,13H2,1-4H3. The molecule has 3 aromatic rings. The quantitative estimate of drug-likeness (QED) is 0.630. The van der Waals surface area contributed by atoms with Gasteiger partial charge in [0.15, 0.2) is 11.5 Å². The van der Waals surface area contributed by atoms with E-state index in [2.05, 4.69) is 39.2 Å². The molecule has 4 rings (SSSR count). The monoisotopic (exact) mass is 397 g/mol. The molecule has 0 amide bonds. The number of nitrogens with zero attached hydrogens (tertiary/aromatic N) is 5. The van der Waals surface area contributed by atoms with Crippen LogP contribution >= 0.6 is 11.3 Å². The Morgan fingerprint density at radius 1 is 1.14 bits per heavy atom. The van der Waals surface area contributed by atoms with Crippen LogP contribution in [-0.2, 0) is 13.7 Å². The lowest BCUT2D eigenvalue weighted by molar-refractivity contribution is 0.281. The minimum absolute atomic E-state index is 0.418. The summed E-state index contributed by atoms with van der Waals surface area (Å²) in [6.45, 7) is 5.20. The van der Waals surface area contributed by atoms with Crippen LogP contribution in [0.2, 0.25) is 0 Å². The minimum atomic E-state index is 0.418. The molecule has 0 saturated heterocycles. The molecule has 1 aliphatic heterocycles. The molecule has 7 nitrogen and oxygen atoms in total. The molecule has 0 spiro atoms. The van der Waals surface area contributed by atoms with Gasteiger partial charge in [-0.05, 0) is 25.5 Å². The van der Waals surface area contributed by atoms with Crippen LogP contribution in [0.3, 0.4) is 0 Å². The zero-order chi connectivity index (χ0) is 19.7. The molecule has 0 unspecified atom stereocenters. The Balaban J connectivity index is 1.54. The van der Waals surface area contributed by atoms with Crippen molar-refractivity contribution in [1.29, 1.82) is 0 Å². The highest BCUT2D eigenvalue weighted by atomic mass is 32.1. The van der Waals surface area contributed by atoms with Gasteiger partial charge in [0, 0.05) is 42.8 Å². The first-order chi connectivity index (χ1) is 13.5. The van der Waals surface area contributed by atoms with Gasteiger partial charge in [0.1, 0.15) is 6.61 Å². The Kier molecular flexibility index (Phi) is 4.95. The second kappa shape index (κ2) is 7.55. The molecule has 28 heavy (non-hydrogen) atoms. The summed E-state index contributed by atoms with van der Waals surface area (Å²) >= 11 is 1.62. The summed E-state index contributed by atoms with van der Waals surface area (Å²) in [6.07, 6.45) is 7.98. The maximum Gasteiger partial charge on any atom is 0.163 e. The van der Waals surface area contributed by atoms with Gasteiger partial charge in [0.05, 0.1) is 36.4 Å². The van der Waals surface area contributed by atoms with Crippen molar-refractivity contribution in [2.75, 3.05) is 23.6 Å². The molecule has 0 fully saturated rings. The second-order valence-corrected chi connectivity index (χ2v) is 7.75. The van der Waals surface area contributed by atoms with E-state index in [1.165, 1.54) is 0 Å². The van der Waals surface area contributed by atoms with E-state index in [0.717, 1.165) is 33.4 Å². The number of benzene rings is 1. The molecule has 1 aromatic carbocycles. The zero-order valence-corrected chi connectivity index (χ0v) is 17.2. The number of aryl methyl sites for hydroxylation is 3. The summed E-state index contributed by atoms with van der Waals surface area (Å²) in [7, 11) is 3.58. The normalized spacial score (nSPS) is 13.4. The first-order valence-electron chi connectivity index (χ1n) is 8.96. The Hall–Kier alpha value is -3.00. The topological polar surface area (TPSA) is 55.7 Å². The van der Waals surface area contributed by atoms with Crippen LogP contribution in [0.4, 0.5) is 11.4 Å². The average Bonchev–Trinajstić information content (AvgIpc) is 3.41. The van der Waals surface area contributed by atoms with Gasteiger partial charge in [-0.2, -0.15) is 5.10 Å². The third-order valence-electron chi connectivity index (χ3n) is 4.59. The maximum atomic E-state index is 6.04. The van der Waals surface area contributed by atoms with E-state index < -0.39 is 0 Å². The van der Waals surface area contributed by atoms with E-state index in [9.17, 15) is 0 Å². The fraction of sp³-hybridized carbons (Fsp3) is 0.300. The smallest absolute Gasteiger partial charge is 0.163 e. The molecular weight excluding hydrogens is 374 g/mol. The average molecular weight is 398 g/mol. The largest absolute Gasteiger partial charge is 0.493 e. The van der Waals surface area contributed by atoms with Crippen molar-refractivity contribution < 1.29 is 9.47 Å². The van der Waals surface area contributed by atoms with Crippen LogP contribution < -0.4 is 19.3 Å². The number of ether oxygens (including phenoxy) is 2. The molecule has 3 heterocycles. The van der Waals surface area contributed by atoms with Crippen LogP contribution in [0.5, 0.6) is 11.5 Å². The minimum Gasteiger partial charge on any atom is -0.493 e. The molecule has 1 aliphatic rings. The predicted octanol–water partition coefficient (Wildman–Crippen LogP) is 3.84. The van der Waals surface area contributed by atoms with Gasteiger partial charge in [-0.25, -0.2) is 4.98 Å². The molecule has 0 N–H and O–H groups in total. The number of methoxy groups -OCH3 is 1. The van der Waals surface area contributed by atoms with Crippen molar-refractivity contribution in [1.82, 2.24) is 14.8 Å². The molecule has 0 atom stereocenters. The Labute approximate surface area is 168 Å². The highest BCUT2D eigenvalue weighted by Gasteiger charge is 2.20. The molecule has 8 heteroatoms. The first-order valence-corrected chi connectivity index (χ1v) is 9.84. The van der Waals surface area contributed by atoms with Crippen LogP contribution in [0, 0.1) is 13.8 Å². The van der Waals surface area contributed by atoms with E-state index in [4.69, 9.17) is 9.47 Å². The molecular formula is C20H23N5O2S. The number of hydrogen-bond acceptors (Lipinski definition) is 7. The number of anilines is 2. The van der Waals surface area contributed by atoms with Crippen molar-refractivity contribution in [3.63, 3.8) is 0 Å². The maximum absolute atomic E-state index is 6.04. The molecule has 146 valence electrons. The van der Waals surface area contributed by atoms with E-state index in [1.807, 2.05) is 43.9 Å². The van der Waals surface area contributed by atoms with Crippen molar-refractivity contribution >= 4 is 22.7 Å². The molecule has 0 radical (unpaired) electrons. The van der Waals surface area contributed by atoms with Crippen LogP contribution in [-0.4, -0.2) is 28.5 Å². The summed E-state index contributed by atoms with van der Waals surface area (Å²) < 4.78 is 13.4.